The van der Waals surface area contributed by atoms with Gasteiger partial charge in [-0.1, -0.05) is 30.0 Å². The molecule has 0 fully saturated rings. The van der Waals surface area contributed by atoms with E-state index in [-0.39, 0.29) is 11.7 Å². The molecule has 0 atom stereocenters. The molecule has 0 aliphatic heterocycles. The second kappa shape index (κ2) is 8.59. The van der Waals surface area contributed by atoms with Gasteiger partial charge < -0.3 is 14.0 Å². The van der Waals surface area contributed by atoms with Crippen LogP contribution in [0.4, 0.5) is 0 Å². The molecule has 1 aromatic heterocycles. The summed E-state index contributed by atoms with van der Waals surface area (Å²) in [5.74, 6) is 1.16. The molecule has 27 heavy (non-hydrogen) atoms. The second-order valence-electron chi connectivity index (χ2n) is 5.61. The number of aromatic nitrogens is 2. The Balaban J connectivity index is 1.60. The highest BCUT2D eigenvalue weighted by Crippen LogP contribution is 2.29. The zero-order valence-corrected chi connectivity index (χ0v) is 16.1. The maximum atomic E-state index is 12.1. The molecule has 0 aliphatic carbocycles. The Morgan fingerprint density at radius 1 is 1.22 bits per heavy atom. The molecule has 0 bridgehead atoms. The third kappa shape index (κ3) is 4.22. The molecule has 0 unspecified atom stereocenters. The van der Waals surface area contributed by atoms with E-state index in [4.69, 9.17) is 9.47 Å². The van der Waals surface area contributed by atoms with E-state index in [1.807, 2.05) is 48.0 Å². The third-order valence-electron chi connectivity index (χ3n) is 3.90. The van der Waals surface area contributed by atoms with Crippen molar-refractivity contribution in [3.8, 4) is 11.5 Å². The van der Waals surface area contributed by atoms with E-state index in [1.165, 1.54) is 18.0 Å². The largest absolute Gasteiger partial charge is 0.493 e. The molecule has 3 rings (SSSR count). The summed E-state index contributed by atoms with van der Waals surface area (Å²) in [6, 6.07) is 13.3. The highest BCUT2D eigenvalue weighted by molar-refractivity contribution is 7.99. The van der Waals surface area contributed by atoms with Crippen molar-refractivity contribution in [3.05, 3.63) is 48.0 Å². The van der Waals surface area contributed by atoms with Gasteiger partial charge in [0.1, 0.15) is 0 Å². The number of hydrogen-bond acceptors (Lipinski definition) is 6. The monoisotopic (exact) mass is 384 g/mol. The number of hydrazone groups is 1. The number of carbonyl (C=O) groups is 1. The van der Waals surface area contributed by atoms with Gasteiger partial charge >= 0.3 is 0 Å². The number of nitrogens with zero attached hydrogens (tertiary/aromatic N) is 3. The van der Waals surface area contributed by atoms with E-state index in [0.717, 1.165) is 16.2 Å². The Bertz CT molecular complexity index is 984. The minimum absolute atomic E-state index is 0.212. The van der Waals surface area contributed by atoms with Crippen molar-refractivity contribution in [2.75, 3.05) is 20.0 Å². The fourth-order valence-corrected chi connectivity index (χ4v) is 3.38. The van der Waals surface area contributed by atoms with Crippen LogP contribution in [0.25, 0.3) is 11.0 Å². The van der Waals surface area contributed by atoms with Crippen LogP contribution in [0.3, 0.4) is 0 Å². The first-order valence-electron chi connectivity index (χ1n) is 8.21. The Morgan fingerprint density at radius 2 is 2.04 bits per heavy atom. The molecule has 8 heteroatoms. The first-order chi connectivity index (χ1) is 13.1. The van der Waals surface area contributed by atoms with Crippen LogP contribution in [-0.4, -0.2) is 41.6 Å². The van der Waals surface area contributed by atoms with Gasteiger partial charge in [-0.25, -0.2) is 10.4 Å². The van der Waals surface area contributed by atoms with Crippen molar-refractivity contribution in [3.63, 3.8) is 0 Å². The standard InChI is InChI=1S/C19H20N4O3S/c1-23-15-9-5-4-8-14(15)21-19(23)27-12-17(24)22-20-11-13-7-6-10-16(25-2)18(13)26-3/h4-11H,12H2,1-3H3,(H,22,24)/b20-11+. The third-order valence-corrected chi connectivity index (χ3v) is 4.93. The molecular formula is C19H20N4O3S. The highest BCUT2D eigenvalue weighted by Gasteiger charge is 2.10. The second-order valence-corrected chi connectivity index (χ2v) is 6.55. The van der Waals surface area contributed by atoms with E-state index >= 15 is 0 Å². The normalized spacial score (nSPS) is 11.1. The maximum absolute atomic E-state index is 12.1. The summed E-state index contributed by atoms with van der Waals surface area (Å²) >= 11 is 1.36. The molecule has 2 aromatic carbocycles. The van der Waals surface area contributed by atoms with Crippen LogP contribution >= 0.6 is 11.8 Å². The number of thioether (sulfide) groups is 1. The average Bonchev–Trinajstić information content (AvgIpc) is 3.02. The lowest BCUT2D eigenvalue weighted by molar-refractivity contribution is -0.118. The van der Waals surface area contributed by atoms with Crippen LogP contribution in [0.1, 0.15) is 5.56 Å². The van der Waals surface area contributed by atoms with Crippen LogP contribution in [0.15, 0.2) is 52.7 Å². The van der Waals surface area contributed by atoms with E-state index in [2.05, 4.69) is 15.5 Å². The number of hydrogen-bond donors (Lipinski definition) is 1. The quantitative estimate of drug-likeness (QED) is 0.385. The summed E-state index contributed by atoms with van der Waals surface area (Å²) in [6.45, 7) is 0. The number of benzene rings is 2. The molecule has 0 aliphatic rings. The molecule has 7 nitrogen and oxygen atoms in total. The minimum atomic E-state index is -0.217. The molecule has 1 amide bonds. The van der Waals surface area contributed by atoms with Crippen molar-refractivity contribution in [1.82, 2.24) is 15.0 Å². The highest BCUT2D eigenvalue weighted by atomic mass is 32.2. The summed E-state index contributed by atoms with van der Waals surface area (Å²) in [5, 5.41) is 4.78. The van der Waals surface area contributed by atoms with E-state index < -0.39 is 0 Å². The first kappa shape index (κ1) is 18.8. The van der Waals surface area contributed by atoms with Crippen molar-refractivity contribution >= 4 is 34.9 Å². The Kier molecular flexibility index (Phi) is 5.97. The van der Waals surface area contributed by atoms with Gasteiger partial charge in [0.2, 0.25) is 0 Å². The zero-order valence-electron chi connectivity index (χ0n) is 15.3. The van der Waals surface area contributed by atoms with E-state index in [1.54, 1.807) is 20.3 Å². The number of carbonyl (C=O) groups excluding carboxylic acids is 1. The molecule has 1 heterocycles. The molecular weight excluding hydrogens is 364 g/mol. The molecule has 0 radical (unpaired) electrons. The molecule has 0 saturated carbocycles. The van der Waals surface area contributed by atoms with E-state index in [9.17, 15) is 4.79 Å². The molecule has 140 valence electrons. The van der Waals surface area contributed by atoms with Crippen molar-refractivity contribution < 1.29 is 14.3 Å². The van der Waals surface area contributed by atoms with Crippen LogP contribution in [0.5, 0.6) is 11.5 Å². The van der Waals surface area contributed by atoms with Gasteiger partial charge in [-0.3, -0.25) is 4.79 Å². The number of rotatable bonds is 7. The van der Waals surface area contributed by atoms with Crippen molar-refractivity contribution in [2.24, 2.45) is 12.1 Å². The average molecular weight is 384 g/mol. The first-order valence-corrected chi connectivity index (χ1v) is 9.19. The van der Waals surface area contributed by atoms with Crippen molar-refractivity contribution in [2.45, 2.75) is 5.16 Å². The van der Waals surface area contributed by atoms with Gasteiger partial charge in [0.25, 0.3) is 5.91 Å². The maximum Gasteiger partial charge on any atom is 0.250 e. The topological polar surface area (TPSA) is 77.7 Å². The predicted molar refractivity (Wildman–Crippen MR) is 107 cm³/mol. The molecule has 3 aromatic rings. The van der Waals surface area contributed by atoms with Gasteiger partial charge in [-0.05, 0) is 24.3 Å². The number of para-hydroxylation sites is 3. The Morgan fingerprint density at radius 3 is 2.78 bits per heavy atom. The van der Waals surface area contributed by atoms with Crippen LogP contribution in [0.2, 0.25) is 0 Å². The van der Waals surface area contributed by atoms with Crippen LogP contribution < -0.4 is 14.9 Å². The zero-order chi connectivity index (χ0) is 19.2. The fraction of sp³-hybridized carbons (Fsp3) is 0.211. The number of nitrogens with one attached hydrogen (secondary N) is 1. The number of aryl methyl sites for hydroxylation is 1. The number of ether oxygens (including phenoxy) is 2. The summed E-state index contributed by atoms with van der Waals surface area (Å²) in [4.78, 5) is 16.6. The van der Waals surface area contributed by atoms with Gasteiger partial charge in [0.05, 0.1) is 37.2 Å². The van der Waals surface area contributed by atoms with Gasteiger partial charge in [0.15, 0.2) is 16.7 Å². The summed E-state index contributed by atoms with van der Waals surface area (Å²) in [7, 11) is 5.06. The number of fused-ring (bicyclic) bond motifs is 1. The molecule has 1 N–H and O–H groups in total. The molecule has 0 spiro atoms. The number of amides is 1. The van der Waals surface area contributed by atoms with E-state index in [0.29, 0.717) is 17.1 Å². The summed E-state index contributed by atoms with van der Waals surface area (Å²) in [5.41, 5.74) is 5.17. The summed E-state index contributed by atoms with van der Waals surface area (Å²) < 4.78 is 12.5. The Labute approximate surface area is 161 Å². The lowest BCUT2D eigenvalue weighted by Gasteiger charge is -2.09. The summed E-state index contributed by atoms with van der Waals surface area (Å²) in [6.07, 6.45) is 1.53. The Hall–Kier alpha value is -3.00. The van der Waals surface area contributed by atoms with Gasteiger partial charge in [-0.15, -0.1) is 0 Å². The van der Waals surface area contributed by atoms with Crippen LogP contribution in [0, 0.1) is 0 Å². The lowest BCUT2D eigenvalue weighted by Crippen LogP contribution is -2.20. The lowest BCUT2D eigenvalue weighted by atomic mass is 10.2. The molecule has 0 saturated heterocycles. The SMILES string of the molecule is COc1cccc(/C=N/NC(=O)CSc2nc3ccccc3n2C)c1OC. The van der Waals surface area contributed by atoms with Gasteiger partial charge in [-0.2, -0.15) is 5.10 Å². The smallest absolute Gasteiger partial charge is 0.250 e. The van der Waals surface area contributed by atoms with Crippen molar-refractivity contribution in [1.29, 1.82) is 0 Å². The fourth-order valence-electron chi connectivity index (χ4n) is 2.60. The predicted octanol–water partition coefficient (Wildman–Crippen LogP) is 2.83. The minimum Gasteiger partial charge on any atom is -0.493 e. The number of imidazole rings is 1. The van der Waals surface area contributed by atoms with Crippen LogP contribution in [-0.2, 0) is 11.8 Å². The van der Waals surface area contributed by atoms with Gasteiger partial charge in [0, 0.05) is 12.6 Å². The number of methoxy groups -OCH3 is 2.